The normalized spacial score (nSPS) is 26.6. The summed E-state index contributed by atoms with van der Waals surface area (Å²) in [5.74, 6) is -0.658. The Balaban J connectivity index is 1.19. The van der Waals surface area contributed by atoms with Gasteiger partial charge in [-0.1, -0.05) is 44.0 Å². The van der Waals surface area contributed by atoms with E-state index in [0.717, 1.165) is 25.0 Å². The second-order valence-corrected chi connectivity index (χ2v) is 18.4. The van der Waals surface area contributed by atoms with Crippen molar-refractivity contribution in [1.29, 1.82) is 0 Å². The standard InChI is InChI=1S/C37H44ClN5O7S2/c1-21(2)26-20-51-34(40-26)25-17-29(24-12-13-28(49-4)31(38)32(24)39-25)50-23-16-27-33(45)41-37(35(46)42-52(47,48)36(3)14-15-36)18-22(37)10-8-6-5-7-9-11-30(44)43(27)19-23/h8,10,12-13,17,20-23,27H,5-7,9,11,14-16,18-19H2,1-4H3,(H,41,45)(H,42,46)/b10-8-/t22-,23+,27-,37-/m0/s1. The van der Waals surface area contributed by atoms with Crippen LogP contribution in [0, 0.1) is 5.92 Å². The molecular weight excluding hydrogens is 726 g/mol. The Hall–Kier alpha value is -3.75. The number of benzene rings is 1. The summed E-state index contributed by atoms with van der Waals surface area (Å²) in [6, 6.07) is 4.43. The van der Waals surface area contributed by atoms with E-state index < -0.39 is 44.3 Å². The Morgan fingerprint density at radius 1 is 1.15 bits per heavy atom. The lowest BCUT2D eigenvalue weighted by Crippen LogP contribution is -2.57. The van der Waals surface area contributed by atoms with E-state index in [1.165, 1.54) is 18.4 Å². The fraction of sp³-hybridized carbons (Fsp3) is 0.541. The Labute approximate surface area is 312 Å². The average Bonchev–Trinajstić information content (AvgIpc) is 3.87. The highest BCUT2D eigenvalue weighted by Gasteiger charge is 2.63. The highest BCUT2D eigenvalue weighted by atomic mass is 35.5. The van der Waals surface area contributed by atoms with Crippen LogP contribution in [0.2, 0.25) is 5.02 Å². The van der Waals surface area contributed by atoms with Gasteiger partial charge in [0.25, 0.3) is 5.91 Å². The number of fused-ring (bicyclic) bond motifs is 3. The summed E-state index contributed by atoms with van der Waals surface area (Å²) < 4.78 is 39.5. The molecule has 3 fully saturated rings. The molecule has 2 aliphatic carbocycles. The molecule has 52 heavy (non-hydrogen) atoms. The van der Waals surface area contributed by atoms with E-state index in [4.69, 9.17) is 31.0 Å². The van der Waals surface area contributed by atoms with Gasteiger partial charge in [-0.25, -0.2) is 18.4 Å². The minimum absolute atomic E-state index is 0.143. The van der Waals surface area contributed by atoms with Gasteiger partial charge in [0.2, 0.25) is 21.8 Å². The number of amides is 3. The minimum Gasteiger partial charge on any atom is -0.495 e. The molecule has 2 N–H and O–H groups in total. The molecule has 3 aromatic rings. The maximum atomic E-state index is 14.2. The molecule has 12 nitrogen and oxygen atoms in total. The van der Waals surface area contributed by atoms with Gasteiger partial charge in [-0.05, 0) is 63.5 Å². The summed E-state index contributed by atoms with van der Waals surface area (Å²) in [5, 5.41) is 6.57. The Morgan fingerprint density at radius 2 is 1.94 bits per heavy atom. The summed E-state index contributed by atoms with van der Waals surface area (Å²) in [6.07, 6.45) is 8.05. The van der Waals surface area contributed by atoms with Crippen molar-refractivity contribution in [3.63, 3.8) is 0 Å². The van der Waals surface area contributed by atoms with Crippen molar-refractivity contribution < 1.29 is 32.3 Å². The number of hydrogen-bond acceptors (Lipinski definition) is 10. The number of carbonyl (C=O) groups is 3. The number of aromatic nitrogens is 2. The molecule has 2 aromatic heterocycles. The number of nitrogens with one attached hydrogen (secondary N) is 2. The first-order valence-corrected chi connectivity index (χ1v) is 20.6. The van der Waals surface area contributed by atoms with E-state index in [-0.39, 0.29) is 43.6 Å². The zero-order valence-electron chi connectivity index (χ0n) is 29.7. The van der Waals surface area contributed by atoms with Crippen molar-refractivity contribution in [3.8, 4) is 22.2 Å². The fourth-order valence-corrected chi connectivity index (χ4v) is 9.55. The molecule has 4 atom stereocenters. The van der Waals surface area contributed by atoms with Crippen LogP contribution in [0.5, 0.6) is 11.5 Å². The molecule has 4 aliphatic rings. The lowest BCUT2D eigenvalue weighted by Gasteiger charge is -2.27. The Morgan fingerprint density at radius 3 is 2.65 bits per heavy atom. The summed E-state index contributed by atoms with van der Waals surface area (Å²) in [6.45, 7) is 5.89. The highest BCUT2D eigenvalue weighted by molar-refractivity contribution is 7.91. The third-order valence-electron chi connectivity index (χ3n) is 10.8. The van der Waals surface area contributed by atoms with Gasteiger partial charge in [0.05, 0.1) is 29.6 Å². The van der Waals surface area contributed by atoms with Crippen LogP contribution in [0.15, 0.2) is 35.7 Å². The summed E-state index contributed by atoms with van der Waals surface area (Å²) in [5.41, 5.74) is 0.542. The molecule has 2 aliphatic heterocycles. The van der Waals surface area contributed by atoms with E-state index >= 15 is 0 Å². The number of allylic oxidation sites excluding steroid dienone is 1. The number of rotatable bonds is 8. The van der Waals surface area contributed by atoms with Gasteiger partial charge in [-0.3, -0.25) is 19.1 Å². The maximum Gasteiger partial charge on any atom is 0.259 e. The quantitative estimate of drug-likeness (QED) is 0.267. The molecule has 4 heterocycles. The number of hydrogen-bond donors (Lipinski definition) is 2. The van der Waals surface area contributed by atoms with Gasteiger partial charge < -0.3 is 19.7 Å². The Bertz CT molecular complexity index is 2060. The van der Waals surface area contributed by atoms with E-state index in [9.17, 15) is 22.8 Å². The monoisotopic (exact) mass is 769 g/mol. The SMILES string of the molecule is COc1ccc2c(O[C@@H]3C[C@H]4C(=O)N[C@@]5(C(=O)NS(=O)(=O)C6(C)CC6)C[C@@H]5/C=C\CCCCCC(=O)N4C3)cc(-c3nc(C(C)C)cs3)nc2c1Cl. The van der Waals surface area contributed by atoms with Crippen molar-refractivity contribution in [2.24, 2.45) is 5.92 Å². The number of halogens is 1. The topological polar surface area (TPSA) is 157 Å². The van der Waals surface area contributed by atoms with Crippen LogP contribution >= 0.6 is 22.9 Å². The van der Waals surface area contributed by atoms with Crippen molar-refractivity contribution in [3.05, 3.63) is 46.4 Å². The third-order valence-corrected chi connectivity index (χ3v) is 14.2. The first-order chi connectivity index (χ1) is 24.7. The molecule has 0 radical (unpaired) electrons. The van der Waals surface area contributed by atoms with E-state index in [0.29, 0.717) is 57.4 Å². The first kappa shape index (κ1) is 36.6. The molecule has 0 bridgehead atoms. The molecule has 2 saturated carbocycles. The van der Waals surface area contributed by atoms with E-state index in [1.54, 1.807) is 17.9 Å². The number of nitrogens with zero attached hydrogens (tertiary/aromatic N) is 3. The highest BCUT2D eigenvalue weighted by Crippen LogP contribution is 2.48. The number of ether oxygens (including phenoxy) is 2. The second kappa shape index (κ2) is 13.9. The zero-order valence-corrected chi connectivity index (χ0v) is 32.1. The van der Waals surface area contributed by atoms with Crippen LogP contribution in [-0.2, 0) is 24.4 Å². The summed E-state index contributed by atoms with van der Waals surface area (Å²) in [7, 11) is -2.40. The first-order valence-electron chi connectivity index (χ1n) is 17.9. The number of pyridine rings is 1. The molecule has 0 spiro atoms. The predicted molar refractivity (Wildman–Crippen MR) is 199 cm³/mol. The lowest BCUT2D eigenvalue weighted by molar-refractivity contribution is -0.139. The fourth-order valence-electron chi connectivity index (χ4n) is 7.01. The molecule has 15 heteroatoms. The third kappa shape index (κ3) is 6.89. The van der Waals surface area contributed by atoms with Crippen LogP contribution in [-0.4, -0.2) is 77.1 Å². The number of methoxy groups -OCH3 is 1. The number of thiazole rings is 1. The van der Waals surface area contributed by atoms with Gasteiger partial charge in [0.15, 0.2) is 0 Å². The van der Waals surface area contributed by atoms with Crippen LogP contribution in [0.3, 0.4) is 0 Å². The molecular formula is C37H44ClN5O7S2. The van der Waals surface area contributed by atoms with Gasteiger partial charge in [0, 0.05) is 35.6 Å². The van der Waals surface area contributed by atoms with Crippen molar-refractivity contribution in [1.82, 2.24) is 24.9 Å². The molecule has 7 rings (SSSR count). The number of carbonyl (C=O) groups excluding carboxylic acids is 3. The maximum absolute atomic E-state index is 14.2. The zero-order chi connectivity index (χ0) is 37.0. The molecule has 3 amide bonds. The van der Waals surface area contributed by atoms with Crippen molar-refractivity contribution in [2.75, 3.05) is 13.7 Å². The largest absolute Gasteiger partial charge is 0.495 e. The predicted octanol–water partition coefficient (Wildman–Crippen LogP) is 5.89. The minimum atomic E-state index is -3.93. The van der Waals surface area contributed by atoms with Crippen LogP contribution in [0.25, 0.3) is 21.6 Å². The average molecular weight is 770 g/mol. The van der Waals surface area contributed by atoms with Crippen LogP contribution < -0.4 is 19.5 Å². The molecule has 1 saturated heterocycles. The van der Waals surface area contributed by atoms with Crippen LogP contribution in [0.1, 0.15) is 90.2 Å². The Kier molecular flexibility index (Phi) is 9.79. The second-order valence-electron chi connectivity index (χ2n) is 14.9. The van der Waals surface area contributed by atoms with Gasteiger partial charge >= 0.3 is 0 Å². The molecule has 278 valence electrons. The van der Waals surface area contributed by atoms with E-state index in [1.807, 2.05) is 29.7 Å². The van der Waals surface area contributed by atoms with Gasteiger partial charge in [-0.15, -0.1) is 11.3 Å². The van der Waals surface area contributed by atoms with Crippen molar-refractivity contribution >= 4 is 61.6 Å². The smallest absolute Gasteiger partial charge is 0.259 e. The number of sulfonamides is 1. The van der Waals surface area contributed by atoms with Crippen LogP contribution in [0.4, 0.5) is 0 Å². The van der Waals surface area contributed by atoms with E-state index in [2.05, 4.69) is 23.9 Å². The van der Waals surface area contributed by atoms with Gasteiger partial charge in [0.1, 0.15) is 44.9 Å². The molecule has 0 unspecified atom stereocenters. The lowest BCUT2D eigenvalue weighted by atomic mass is 10.1. The van der Waals surface area contributed by atoms with Crippen molar-refractivity contribution in [2.45, 2.75) is 107 Å². The molecule has 1 aromatic carbocycles. The summed E-state index contributed by atoms with van der Waals surface area (Å²) in [4.78, 5) is 52.8. The summed E-state index contributed by atoms with van der Waals surface area (Å²) >= 11 is 8.25. The van der Waals surface area contributed by atoms with Gasteiger partial charge in [-0.2, -0.15) is 0 Å².